The minimum absolute atomic E-state index is 0.0800. The van der Waals surface area contributed by atoms with Crippen molar-refractivity contribution in [2.24, 2.45) is 0 Å². The van der Waals surface area contributed by atoms with Crippen molar-refractivity contribution in [3.05, 3.63) is 130 Å². The number of carbonyl (C=O) groups excluding carboxylic acids is 3. The van der Waals surface area contributed by atoms with Gasteiger partial charge in [-0.05, 0) is 98.1 Å². The van der Waals surface area contributed by atoms with E-state index in [9.17, 15) is 14.4 Å². The van der Waals surface area contributed by atoms with Crippen LogP contribution >= 0.6 is 23.4 Å². The highest BCUT2D eigenvalue weighted by molar-refractivity contribution is 8.00. The normalized spacial score (nSPS) is 11.9. The maximum atomic E-state index is 13.2. The van der Waals surface area contributed by atoms with Crippen LogP contribution in [-0.4, -0.2) is 23.0 Å². The zero-order chi connectivity index (χ0) is 29.4. The second-order valence-electron chi connectivity index (χ2n) is 9.48. The van der Waals surface area contributed by atoms with E-state index in [2.05, 4.69) is 16.0 Å². The van der Waals surface area contributed by atoms with E-state index in [1.807, 2.05) is 57.2 Å². The molecule has 0 heterocycles. The molecule has 0 aliphatic heterocycles. The first-order chi connectivity index (χ1) is 19.7. The fraction of sp³-hybridized carbons (Fsp3) is 0.121. The molecule has 0 spiro atoms. The van der Waals surface area contributed by atoms with Gasteiger partial charge >= 0.3 is 0 Å². The van der Waals surface area contributed by atoms with Crippen LogP contribution in [-0.2, 0) is 9.59 Å². The third kappa shape index (κ3) is 8.58. The molecule has 41 heavy (non-hydrogen) atoms. The van der Waals surface area contributed by atoms with Gasteiger partial charge in [0.05, 0.1) is 5.25 Å². The van der Waals surface area contributed by atoms with E-state index in [0.717, 1.165) is 21.7 Å². The fourth-order valence-corrected chi connectivity index (χ4v) is 4.84. The van der Waals surface area contributed by atoms with Crippen molar-refractivity contribution in [1.29, 1.82) is 0 Å². The second kappa shape index (κ2) is 13.8. The molecule has 208 valence electrons. The Balaban J connectivity index is 1.43. The van der Waals surface area contributed by atoms with E-state index in [0.29, 0.717) is 21.8 Å². The minimum Gasteiger partial charge on any atom is -0.325 e. The van der Waals surface area contributed by atoms with Crippen molar-refractivity contribution in [3.8, 4) is 0 Å². The van der Waals surface area contributed by atoms with E-state index in [-0.39, 0.29) is 16.9 Å². The Kier molecular flexibility index (Phi) is 10.0. The number of halogens is 1. The predicted molar refractivity (Wildman–Crippen MR) is 168 cm³/mol. The Morgan fingerprint density at radius 3 is 2.20 bits per heavy atom. The quantitative estimate of drug-likeness (QED) is 0.141. The molecule has 6 nitrogen and oxygen atoms in total. The molecule has 0 aliphatic rings. The largest absolute Gasteiger partial charge is 0.325 e. The van der Waals surface area contributed by atoms with Crippen LogP contribution < -0.4 is 16.0 Å². The summed E-state index contributed by atoms with van der Waals surface area (Å²) in [7, 11) is 0. The summed E-state index contributed by atoms with van der Waals surface area (Å²) >= 11 is 7.42. The van der Waals surface area contributed by atoms with Crippen LogP contribution in [0.2, 0.25) is 5.02 Å². The monoisotopic (exact) mass is 583 g/mol. The van der Waals surface area contributed by atoms with Gasteiger partial charge < -0.3 is 16.0 Å². The lowest BCUT2D eigenvalue weighted by Gasteiger charge is -2.15. The van der Waals surface area contributed by atoms with Crippen LogP contribution in [0, 0.1) is 13.8 Å². The van der Waals surface area contributed by atoms with Crippen molar-refractivity contribution in [2.45, 2.75) is 30.9 Å². The third-order valence-electron chi connectivity index (χ3n) is 6.16. The van der Waals surface area contributed by atoms with Gasteiger partial charge in [-0.2, -0.15) is 0 Å². The molecular formula is C33H30ClN3O3S. The highest BCUT2D eigenvalue weighted by Gasteiger charge is 2.17. The molecule has 1 atom stereocenters. The first kappa shape index (κ1) is 29.6. The fourth-order valence-electron chi connectivity index (χ4n) is 3.85. The molecule has 4 rings (SSSR count). The van der Waals surface area contributed by atoms with Crippen molar-refractivity contribution in [2.75, 3.05) is 10.6 Å². The zero-order valence-electron chi connectivity index (χ0n) is 22.9. The van der Waals surface area contributed by atoms with E-state index in [1.54, 1.807) is 66.7 Å². The summed E-state index contributed by atoms with van der Waals surface area (Å²) in [5.41, 5.74) is 4.65. The number of amides is 3. The van der Waals surface area contributed by atoms with Crippen LogP contribution in [0.25, 0.3) is 6.08 Å². The molecule has 0 saturated carbocycles. The van der Waals surface area contributed by atoms with Crippen LogP contribution in [0.1, 0.15) is 34.0 Å². The molecule has 0 aliphatic carbocycles. The standard InChI is InChI=1S/C33H30ClN3O3S/c1-21-9-10-22(2)29(19-21)36-31(38)23(3)41-28-17-15-27(16-18-28)35-33(40)30(20-24-11-13-26(34)14-12-24)37-32(39)25-7-5-4-6-8-25/h4-20,23H,1-3H3,(H,35,40)(H,36,38)(H,37,39)/b30-20-. The summed E-state index contributed by atoms with van der Waals surface area (Å²) in [6, 6.07) is 28.8. The molecule has 3 amide bonds. The SMILES string of the molecule is Cc1ccc(C)c(NC(=O)C(C)Sc2ccc(NC(=O)/C(=C/c3ccc(Cl)cc3)NC(=O)c3ccccc3)cc2)c1. The van der Waals surface area contributed by atoms with Gasteiger partial charge in [0.1, 0.15) is 5.70 Å². The number of thioether (sulfide) groups is 1. The molecule has 0 radical (unpaired) electrons. The summed E-state index contributed by atoms with van der Waals surface area (Å²) in [6.07, 6.45) is 1.59. The second-order valence-corrected chi connectivity index (χ2v) is 11.3. The van der Waals surface area contributed by atoms with Gasteiger partial charge in [-0.25, -0.2) is 0 Å². The molecule has 3 N–H and O–H groups in total. The zero-order valence-corrected chi connectivity index (χ0v) is 24.5. The van der Waals surface area contributed by atoms with E-state index >= 15 is 0 Å². The number of nitrogens with one attached hydrogen (secondary N) is 3. The Morgan fingerprint density at radius 1 is 0.829 bits per heavy atom. The van der Waals surface area contributed by atoms with E-state index < -0.39 is 11.8 Å². The van der Waals surface area contributed by atoms with Gasteiger partial charge in [0.2, 0.25) is 5.91 Å². The lowest BCUT2D eigenvalue weighted by atomic mass is 10.1. The summed E-state index contributed by atoms with van der Waals surface area (Å²) in [5.74, 6) is -0.973. The van der Waals surface area contributed by atoms with Crippen molar-refractivity contribution >= 4 is 58.5 Å². The number of anilines is 2. The molecule has 0 aromatic heterocycles. The summed E-state index contributed by atoms with van der Waals surface area (Å²) in [5, 5.41) is 8.80. The molecule has 1 unspecified atom stereocenters. The van der Waals surface area contributed by atoms with Crippen molar-refractivity contribution < 1.29 is 14.4 Å². The van der Waals surface area contributed by atoms with Gasteiger partial charge in [-0.3, -0.25) is 14.4 Å². The van der Waals surface area contributed by atoms with Crippen LogP contribution in [0.4, 0.5) is 11.4 Å². The maximum Gasteiger partial charge on any atom is 0.272 e. The predicted octanol–water partition coefficient (Wildman–Crippen LogP) is 7.49. The molecular weight excluding hydrogens is 554 g/mol. The van der Waals surface area contributed by atoms with Gasteiger partial charge in [-0.1, -0.05) is 54.1 Å². The molecule has 0 fully saturated rings. The number of hydrogen-bond acceptors (Lipinski definition) is 4. The Hall–Kier alpha value is -4.33. The van der Waals surface area contributed by atoms with Gasteiger partial charge in [0.25, 0.3) is 11.8 Å². The molecule has 4 aromatic rings. The summed E-state index contributed by atoms with van der Waals surface area (Å²) in [6.45, 7) is 5.80. The van der Waals surface area contributed by atoms with Crippen LogP contribution in [0.5, 0.6) is 0 Å². The van der Waals surface area contributed by atoms with Gasteiger partial charge in [-0.15, -0.1) is 11.8 Å². The Bertz CT molecular complexity index is 1570. The number of aryl methyl sites for hydroxylation is 2. The van der Waals surface area contributed by atoms with Crippen LogP contribution in [0.15, 0.2) is 108 Å². The highest BCUT2D eigenvalue weighted by Crippen LogP contribution is 2.27. The van der Waals surface area contributed by atoms with E-state index in [4.69, 9.17) is 11.6 Å². The average molecular weight is 584 g/mol. The first-order valence-corrected chi connectivity index (χ1v) is 14.2. The molecule has 0 saturated heterocycles. The molecule has 4 aromatic carbocycles. The van der Waals surface area contributed by atoms with Gasteiger partial charge in [0, 0.05) is 26.9 Å². The average Bonchev–Trinajstić information content (AvgIpc) is 2.97. The van der Waals surface area contributed by atoms with Crippen molar-refractivity contribution in [1.82, 2.24) is 5.32 Å². The number of hydrogen-bond donors (Lipinski definition) is 3. The number of benzene rings is 4. The topological polar surface area (TPSA) is 87.3 Å². The molecule has 8 heteroatoms. The minimum atomic E-state index is -0.481. The maximum absolute atomic E-state index is 13.2. The summed E-state index contributed by atoms with van der Waals surface area (Å²) in [4.78, 5) is 39.7. The first-order valence-electron chi connectivity index (χ1n) is 13.0. The Morgan fingerprint density at radius 2 is 1.51 bits per heavy atom. The smallest absolute Gasteiger partial charge is 0.272 e. The number of rotatable bonds is 9. The van der Waals surface area contributed by atoms with Gasteiger partial charge in [0.15, 0.2) is 0 Å². The van der Waals surface area contributed by atoms with E-state index in [1.165, 1.54) is 11.8 Å². The third-order valence-corrected chi connectivity index (χ3v) is 7.52. The number of carbonyl (C=O) groups is 3. The summed E-state index contributed by atoms with van der Waals surface area (Å²) < 4.78 is 0. The highest BCUT2D eigenvalue weighted by atomic mass is 35.5. The lowest BCUT2D eigenvalue weighted by Crippen LogP contribution is -2.30. The van der Waals surface area contributed by atoms with Crippen LogP contribution in [0.3, 0.4) is 0 Å². The Labute approximate surface area is 249 Å². The lowest BCUT2D eigenvalue weighted by molar-refractivity contribution is -0.115. The molecule has 0 bridgehead atoms. The van der Waals surface area contributed by atoms with Crippen molar-refractivity contribution in [3.63, 3.8) is 0 Å².